The monoisotopic (exact) mass is 476 g/mol. The minimum absolute atomic E-state index is 0.0533. The van der Waals surface area contributed by atoms with E-state index in [1.165, 1.54) is 11.4 Å². The molecular formula is C22H25ClN4O4S. The quantitative estimate of drug-likeness (QED) is 0.304. The standard InChI is InChI=1S/C22H25ClN4O4S/c1-27(18-8-6-16(23)7-9-18)32(30,31)15-5-3-2-4-12-25-19-20(22(29)21(19)28)26-17-10-13-24-14-11-17/h6-11,13-14,25H,2-5,12,15H2,1H3,(H,24,26). The van der Waals surface area contributed by atoms with Crippen molar-refractivity contribution in [2.75, 3.05) is 34.3 Å². The van der Waals surface area contributed by atoms with Crippen LogP contribution in [-0.4, -0.2) is 32.7 Å². The van der Waals surface area contributed by atoms with E-state index in [0.717, 1.165) is 19.3 Å². The van der Waals surface area contributed by atoms with Gasteiger partial charge in [0.05, 0.1) is 11.4 Å². The fraction of sp³-hybridized carbons (Fsp3) is 0.318. The number of hydrogen-bond acceptors (Lipinski definition) is 7. The van der Waals surface area contributed by atoms with Gasteiger partial charge in [0.2, 0.25) is 10.0 Å². The number of nitrogens with zero attached hydrogens (tertiary/aromatic N) is 2. The Bertz CT molecular complexity index is 1210. The zero-order chi connectivity index (χ0) is 23.1. The highest BCUT2D eigenvalue weighted by molar-refractivity contribution is 7.92. The largest absolute Gasteiger partial charge is 0.380 e. The van der Waals surface area contributed by atoms with Crippen LogP contribution in [-0.2, 0) is 10.0 Å². The summed E-state index contributed by atoms with van der Waals surface area (Å²) in [5, 5.41) is 6.51. The molecule has 0 fully saturated rings. The van der Waals surface area contributed by atoms with Crippen LogP contribution in [0.2, 0.25) is 5.02 Å². The lowest BCUT2D eigenvalue weighted by atomic mass is 10.1. The molecule has 0 bridgehead atoms. The summed E-state index contributed by atoms with van der Waals surface area (Å²) in [6.45, 7) is 0.521. The van der Waals surface area contributed by atoms with Crippen molar-refractivity contribution < 1.29 is 8.42 Å². The Morgan fingerprint density at radius 2 is 1.53 bits per heavy atom. The molecule has 0 amide bonds. The van der Waals surface area contributed by atoms with Gasteiger partial charge in [0.25, 0.3) is 10.9 Å². The maximum absolute atomic E-state index is 12.5. The molecule has 2 N–H and O–H groups in total. The second-order valence-corrected chi connectivity index (χ2v) is 9.93. The van der Waals surface area contributed by atoms with Gasteiger partial charge in [-0.25, -0.2) is 8.42 Å². The minimum Gasteiger partial charge on any atom is -0.380 e. The lowest BCUT2D eigenvalue weighted by molar-refractivity contribution is 0.587. The lowest BCUT2D eigenvalue weighted by Gasteiger charge is -2.19. The van der Waals surface area contributed by atoms with E-state index in [0.29, 0.717) is 35.1 Å². The van der Waals surface area contributed by atoms with Crippen LogP contribution in [0.4, 0.5) is 22.7 Å². The molecule has 8 nitrogen and oxygen atoms in total. The minimum atomic E-state index is -3.41. The van der Waals surface area contributed by atoms with E-state index in [1.54, 1.807) is 48.8 Å². The summed E-state index contributed by atoms with van der Waals surface area (Å²) in [5.74, 6) is 0.0533. The molecule has 0 radical (unpaired) electrons. The first-order chi connectivity index (χ1) is 15.3. The molecule has 0 saturated carbocycles. The van der Waals surface area contributed by atoms with Gasteiger partial charge in [-0.2, -0.15) is 0 Å². The maximum atomic E-state index is 12.5. The van der Waals surface area contributed by atoms with Crippen LogP contribution in [0.1, 0.15) is 25.7 Å². The average Bonchev–Trinajstić information content (AvgIpc) is 2.80. The Morgan fingerprint density at radius 3 is 2.22 bits per heavy atom. The third-order valence-corrected chi connectivity index (χ3v) is 7.20. The SMILES string of the molecule is CN(c1ccc(Cl)cc1)S(=O)(=O)CCCCCCNc1c(Nc2ccncc2)c(=O)c1=O. The predicted octanol–water partition coefficient (Wildman–Crippen LogP) is 3.51. The van der Waals surface area contributed by atoms with E-state index >= 15 is 0 Å². The van der Waals surface area contributed by atoms with Crippen LogP contribution in [0.3, 0.4) is 0 Å². The fourth-order valence-corrected chi connectivity index (χ4v) is 4.60. The Morgan fingerprint density at radius 1 is 0.906 bits per heavy atom. The van der Waals surface area contributed by atoms with Gasteiger partial charge in [-0.15, -0.1) is 0 Å². The van der Waals surface area contributed by atoms with Gasteiger partial charge < -0.3 is 10.6 Å². The summed E-state index contributed by atoms with van der Waals surface area (Å²) in [5.41, 5.74) is 0.733. The summed E-state index contributed by atoms with van der Waals surface area (Å²) < 4.78 is 26.2. The van der Waals surface area contributed by atoms with Gasteiger partial charge in [0.1, 0.15) is 11.4 Å². The summed E-state index contributed by atoms with van der Waals surface area (Å²) >= 11 is 5.85. The Kier molecular flexibility index (Phi) is 7.87. The highest BCUT2D eigenvalue weighted by atomic mass is 35.5. The first-order valence-electron chi connectivity index (χ1n) is 10.3. The summed E-state index contributed by atoms with van der Waals surface area (Å²) in [4.78, 5) is 27.6. The van der Waals surface area contributed by atoms with Crippen LogP contribution in [0.5, 0.6) is 0 Å². The van der Waals surface area contributed by atoms with Crippen molar-refractivity contribution in [3.8, 4) is 0 Å². The second kappa shape index (κ2) is 10.6. The van der Waals surface area contributed by atoms with Crippen molar-refractivity contribution in [1.82, 2.24) is 4.98 Å². The first kappa shape index (κ1) is 23.7. The van der Waals surface area contributed by atoms with Gasteiger partial charge in [-0.3, -0.25) is 18.9 Å². The molecule has 0 aliphatic heterocycles. The molecule has 3 aromatic rings. The van der Waals surface area contributed by atoms with Gasteiger partial charge in [0.15, 0.2) is 0 Å². The molecule has 0 aliphatic rings. The summed E-state index contributed by atoms with van der Waals surface area (Å²) in [6.07, 6.45) is 6.01. The number of pyridine rings is 1. The molecule has 1 aromatic heterocycles. The molecule has 3 rings (SSSR count). The Hall–Kier alpha value is -2.91. The van der Waals surface area contributed by atoms with Crippen molar-refractivity contribution in [2.45, 2.75) is 25.7 Å². The number of sulfonamides is 1. The van der Waals surface area contributed by atoms with Crippen molar-refractivity contribution in [1.29, 1.82) is 0 Å². The van der Waals surface area contributed by atoms with Crippen molar-refractivity contribution in [3.05, 3.63) is 74.3 Å². The molecule has 0 aliphatic carbocycles. The van der Waals surface area contributed by atoms with Gasteiger partial charge >= 0.3 is 0 Å². The molecule has 10 heteroatoms. The molecule has 32 heavy (non-hydrogen) atoms. The molecule has 0 spiro atoms. The number of anilines is 4. The third kappa shape index (κ3) is 5.86. The summed E-state index contributed by atoms with van der Waals surface area (Å²) in [7, 11) is -1.87. The number of rotatable bonds is 12. The highest BCUT2D eigenvalue weighted by Gasteiger charge is 2.21. The summed E-state index contributed by atoms with van der Waals surface area (Å²) in [6, 6.07) is 10.1. The number of benzene rings is 1. The van der Waals surface area contributed by atoms with Crippen molar-refractivity contribution >= 4 is 44.4 Å². The predicted molar refractivity (Wildman–Crippen MR) is 129 cm³/mol. The second-order valence-electron chi connectivity index (χ2n) is 7.37. The van der Waals surface area contributed by atoms with E-state index in [9.17, 15) is 18.0 Å². The number of unbranched alkanes of at least 4 members (excludes halogenated alkanes) is 3. The van der Waals surface area contributed by atoms with Gasteiger partial charge in [-0.1, -0.05) is 24.4 Å². The molecular weight excluding hydrogens is 452 g/mol. The van der Waals surface area contributed by atoms with Gasteiger partial charge in [0, 0.05) is 36.7 Å². The van der Waals surface area contributed by atoms with E-state index < -0.39 is 20.9 Å². The Labute approximate surface area is 192 Å². The zero-order valence-electron chi connectivity index (χ0n) is 17.7. The first-order valence-corrected chi connectivity index (χ1v) is 12.2. The van der Waals surface area contributed by atoms with E-state index in [2.05, 4.69) is 15.6 Å². The molecule has 170 valence electrons. The van der Waals surface area contributed by atoms with E-state index in [-0.39, 0.29) is 11.4 Å². The van der Waals surface area contributed by atoms with Crippen molar-refractivity contribution in [2.24, 2.45) is 0 Å². The third-order valence-electron chi connectivity index (χ3n) is 5.10. The normalized spacial score (nSPS) is 11.4. The number of halogens is 1. The number of nitrogens with one attached hydrogen (secondary N) is 2. The number of aromatic nitrogens is 1. The van der Waals surface area contributed by atoms with E-state index in [1.807, 2.05) is 0 Å². The van der Waals surface area contributed by atoms with Crippen LogP contribution in [0.15, 0.2) is 58.4 Å². The number of hydrogen-bond donors (Lipinski definition) is 2. The van der Waals surface area contributed by atoms with Crippen molar-refractivity contribution in [3.63, 3.8) is 0 Å². The zero-order valence-corrected chi connectivity index (χ0v) is 19.2. The average molecular weight is 477 g/mol. The molecule has 0 unspecified atom stereocenters. The fourth-order valence-electron chi connectivity index (χ4n) is 3.18. The van der Waals surface area contributed by atoms with Crippen LogP contribution < -0.4 is 25.8 Å². The van der Waals surface area contributed by atoms with Crippen LogP contribution in [0.25, 0.3) is 0 Å². The van der Waals surface area contributed by atoms with Crippen LogP contribution >= 0.6 is 11.6 Å². The Balaban J connectivity index is 1.39. The van der Waals surface area contributed by atoms with E-state index in [4.69, 9.17) is 11.6 Å². The molecule has 2 aromatic carbocycles. The maximum Gasteiger partial charge on any atom is 0.253 e. The lowest BCUT2D eigenvalue weighted by Crippen LogP contribution is -2.36. The molecule has 1 heterocycles. The molecule has 0 atom stereocenters. The molecule has 0 saturated heterocycles. The van der Waals surface area contributed by atoms with Crippen LogP contribution in [0, 0.1) is 0 Å². The topological polar surface area (TPSA) is 108 Å². The van der Waals surface area contributed by atoms with Gasteiger partial charge in [-0.05, 0) is 49.2 Å². The smallest absolute Gasteiger partial charge is 0.253 e. The highest BCUT2D eigenvalue weighted by Crippen LogP contribution is 2.21.